The summed E-state index contributed by atoms with van der Waals surface area (Å²) in [5.74, 6) is -0.0794. The van der Waals surface area contributed by atoms with Crippen molar-refractivity contribution in [2.45, 2.75) is 90.0 Å². The molecule has 1 aromatic heterocycles. The Hall–Kier alpha value is -2.96. The first kappa shape index (κ1) is 28.6. The molecular formula is C32H40N2O5Si. The van der Waals surface area contributed by atoms with Crippen LogP contribution in [-0.4, -0.2) is 50.3 Å². The number of ether oxygens (including phenoxy) is 3. The third-order valence-electron chi connectivity index (χ3n) is 8.80. The second-order valence-electron chi connectivity index (χ2n) is 13.5. The van der Waals surface area contributed by atoms with E-state index in [1.54, 1.807) is 12.1 Å². The Bertz CT molecular complexity index is 1520. The van der Waals surface area contributed by atoms with Crippen LogP contribution in [0.4, 0.5) is 0 Å². The van der Waals surface area contributed by atoms with Crippen LogP contribution in [0, 0.1) is 11.3 Å². The van der Waals surface area contributed by atoms with Crippen molar-refractivity contribution >= 4 is 25.0 Å². The van der Waals surface area contributed by atoms with E-state index >= 15 is 0 Å². The first-order chi connectivity index (χ1) is 18.5. The van der Waals surface area contributed by atoms with Crippen LogP contribution in [0.2, 0.25) is 18.1 Å². The summed E-state index contributed by atoms with van der Waals surface area (Å²) in [4.78, 5) is 17.1. The lowest BCUT2D eigenvalue weighted by atomic mass is 9.71. The third-order valence-corrected chi connectivity index (χ3v) is 13.3. The SMILES string of the molecule is CC1(C)O[C@@H](CO[Si](C)(C)C(C)(C)C)[C@@H](COc2ccc3c(c2)C(C)(C)c2[nH]c4cc(C#N)ccc4c2C3=O)O1. The van der Waals surface area contributed by atoms with E-state index in [1.807, 2.05) is 38.1 Å². The Balaban J connectivity index is 1.37. The van der Waals surface area contributed by atoms with Crippen molar-refractivity contribution < 1.29 is 23.4 Å². The molecule has 2 aromatic carbocycles. The van der Waals surface area contributed by atoms with Gasteiger partial charge < -0.3 is 23.6 Å². The number of hydrogen-bond acceptors (Lipinski definition) is 6. The number of nitrogens with one attached hydrogen (secondary N) is 1. The highest BCUT2D eigenvalue weighted by atomic mass is 28.4. The number of H-pyrrole nitrogens is 1. The Kier molecular flexibility index (Phi) is 6.82. The Labute approximate surface area is 237 Å². The molecular weight excluding hydrogens is 520 g/mol. The topological polar surface area (TPSA) is 93.6 Å². The molecule has 1 saturated heterocycles. The molecule has 8 heteroatoms. The lowest BCUT2D eigenvalue weighted by Gasteiger charge is -2.37. The van der Waals surface area contributed by atoms with Crippen LogP contribution in [0.25, 0.3) is 10.9 Å². The molecule has 2 aliphatic rings. The van der Waals surface area contributed by atoms with Crippen LogP contribution >= 0.6 is 0 Å². The molecule has 0 bridgehead atoms. The first-order valence-corrected chi connectivity index (χ1v) is 16.8. The summed E-state index contributed by atoms with van der Waals surface area (Å²) in [7, 11) is -1.95. The van der Waals surface area contributed by atoms with E-state index in [0.29, 0.717) is 35.7 Å². The number of fused-ring (bicyclic) bond motifs is 4. The first-order valence-electron chi connectivity index (χ1n) is 13.9. The van der Waals surface area contributed by atoms with E-state index in [4.69, 9.17) is 18.6 Å². The van der Waals surface area contributed by atoms with Crippen molar-refractivity contribution in [1.29, 1.82) is 5.26 Å². The molecule has 1 fully saturated rings. The summed E-state index contributed by atoms with van der Waals surface area (Å²) in [5, 5.41) is 10.3. The molecule has 0 amide bonds. The maximum atomic E-state index is 13.7. The van der Waals surface area contributed by atoms with Crippen LogP contribution in [0.3, 0.4) is 0 Å². The molecule has 0 spiro atoms. The number of hydrogen-bond donors (Lipinski definition) is 1. The lowest BCUT2D eigenvalue weighted by molar-refractivity contribution is -0.150. The molecule has 0 saturated carbocycles. The number of carbonyl (C=O) groups is 1. The predicted octanol–water partition coefficient (Wildman–Crippen LogP) is 6.83. The van der Waals surface area contributed by atoms with Gasteiger partial charge in [-0.2, -0.15) is 5.26 Å². The summed E-state index contributed by atoms with van der Waals surface area (Å²) < 4.78 is 25.2. The van der Waals surface area contributed by atoms with Crippen molar-refractivity contribution in [1.82, 2.24) is 4.98 Å². The largest absolute Gasteiger partial charge is 0.491 e. The average molecular weight is 561 g/mol. The standard InChI is InChI=1S/C32H40N2O5Si/c1-30(2,3)40(8,9)37-18-26-25(38-32(6,7)39-26)17-36-20-11-13-21-23(15-20)31(4,5)29-27(28(21)35)22-12-10-19(16-33)14-24(22)34-29/h10-15,25-26,34H,17-18H2,1-9H3/t25-,26+/m1/s1. The van der Waals surface area contributed by atoms with E-state index < -0.39 is 19.5 Å². The van der Waals surface area contributed by atoms with Gasteiger partial charge in [-0.25, -0.2) is 0 Å². The van der Waals surface area contributed by atoms with E-state index in [2.05, 4.69) is 58.8 Å². The zero-order chi connectivity index (χ0) is 29.3. The molecule has 2 atom stereocenters. The molecule has 3 aromatic rings. The number of ketones is 1. The second kappa shape index (κ2) is 9.56. The number of aromatic nitrogens is 1. The summed E-state index contributed by atoms with van der Waals surface area (Å²) in [6.45, 7) is 19.9. The van der Waals surface area contributed by atoms with Crippen molar-refractivity contribution in [3.05, 3.63) is 64.3 Å². The van der Waals surface area contributed by atoms with Gasteiger partial charge in [-0.3, -0.25) is 4.79 Å². The minimum Gasteiger partial charge on any atom is -0.491 e. The van der Waals surface area contributed by atoms with Crippen LogP contribution < -0.4 is 4.74 Å². The van der Waals surface area contributed by atoms with Gasteiger partial charge in [0.1, 0.15) is 24.6 Å². The summed E-state index contributed by atoms with van der Waals surface area (Å²) in [6, 6.07) is 13.3. The maximum Gasteiger partial charge on any atom is 0.195 e. The highest BCUT2D eigenvalue weighted by Crippen LogP contribution is 2.45. The van der Waals surface area contributed by atoms with Gasteiger partial charge in [-0.05, 0) is 67.9 Å². The summed E-state index contributed by atoms with van der Waals surface area (Å²) >= 11 is 0. The Morgan fingerprint density at radius 3 is 2.35 bits per heavy atom. The van der Waals surface area contributed by atoms with E-state index in [9.17, 15) is 10.1 Å². The summed E-state index contributed by atoms with van der Waals surface area (Å²) in [5.41, 5.74) is 3.96. The Morgan fingerprint density at radius 1 is 1.02 bits per heavy atom. The fraction of sp³-hybridized carbons (Fsp3) is 0.500. The molecule has 1 N–H and O–H groups in total. The number of nitrogens with zero attached hydrogens (tertiary/aromatic N) is 1. The van der Waals surface area contributed by atoms with Gasteiger partial charge in [0.15, 0.2) is 19.9 Å². The van der Waals surface area contributed by atoms with E-state index in [-0.39, 0.29) is 23.0 Å². The highest BCUT2D eigenvalue weighted by molar-refractivity contribution is 6.74. The fourth-order valence-corrected chi connectivity index (χ4v) is 6.46. The predicted molar refractivity (Wildman–Crippen MR) is 157 cm³/mol. The van der Waals surface area contributed by atoms with Crippen molar-refractivity contribution in [3.63, 3.8) is 0 Å². The molecule has 40 heavy (non-hydrogen) atoms. The average Bonchev–Trinajstić information content (AvgIpc) is 3.41. The van der Waals surface area contributed by atoms with Crippen LogP contribution in [-0.2, 0) is 19.3 Å². The molecule has 1 aliphatic heterocycles. The van der Waals surface area contributed by atoms with E-state index in [1.165, 1.54) is 0 Å². The van der Waals surface area contributed by atoms with Crippen molar-refractivity contribution in [3.8, 4) is 11.8 Å². The fourth-order valence-electron chi connectivity index (χ4n) is 5.45. The van der Waals surface area contributed by atoms with E-state index in [0.717, 1.165) is 22.2 Å². The summed E-state index contributed by atoms with van der Waals surface area (Å²) in [6.07, 6.45) is -0.535. The number of carbonyl (C=O) groups excluding carboxylic acids is 1. The van der Waals surface area contributed by atoms with Gasteiger partial charge in [0.25, 0.3) is 0 Å². The zero-order valence-electron chi connectivity index (χ0n) is 25.0. The molecule has 1 aliphatic carbocycles. The van der Waals surface area contributed by atoms with Gasteiger partial charge in [-0.15, -0.1) is 0 Å². The second-order valence-corrected chi connectivity index (χ2v) is 18.3. The van der Waals surface area contributed by atoms with Crippen molar-refractivity contribution in [2.75, 3.05) is 13.2 Å². The zero-order valence-corrected chi connectivity index (χ0v) is 26.0. The normalized spacial score (nSPS) is 21.6. The number of benzene rings is 2. The van der Waals surface area contributed by atoms with Crippen molar-refractivity contribution in [2.24, 2.45) is 0 Å². The molecule has 7 nitrogen and oxygen atoms in total. The molecule has 0 unspecified atom stereocenters. The minimum atomic E-state index is -1.95. The lowest BCUT2D eigenvalue weighted by Crippen LogP contribution is -2.44. The number of nitriles is 1. The number of rotatable bonds is 6. The molecule has 2 heterocycles. The molecule has 0 radical (unpaired) electrons. The van der Waals surface area contributed by atoms with Gasteiger partial charge >= 0.3 is 0 Å². The van der Waals surface area contributed by atoms with Crippen LogP contribution in [0.1, 0.15) is 81.2 Å². The van der Waals surface area contributed by atoms with Crippen LogP contribution in [0.15, 0.2) is 36.4 Å². The third kappa shape index (κ3) is 4.90. The van der Waals surface area contributed by atoms with Gasteiger partial charge in [-0.1, -0.05) is 40.7 Å². The quantitative estimate of drug-likeness (QED) is 0.332. The minimum absolute atomic E-state index is 0.0241. The Morgan fingerprint density at radius 2 is 1.70 bits per heavy atom. The van der Waals surface area contributed by atoms with Gasteiger partial charge in [0, 0.05) is 27.6 Å². The van der Waals surface area contributed by atoms with Gasteiger partial charge in [0.2, 0.25) is 0 Å². The van der Waals surface area contributed by atoms with Crippen LogP contribution in [0.5, 0.6) is 5.75 Å². The smallest absolute Gasteiger partial charge is 0.195 e. The maximum absolute atomic E-state index is 13.7. The number of aromatic amines is 1. The molecule has 212 valence electrons. The monoisotopic (exact) mass is 560 g/mol. The molecule has 5 rings (SSSR count). The van der Waals surface area contributed by atoms with Gasteiger partial charge in [0.05, 0.1) is 23.8 Å². The highest BCUT2D eigenvalue weighted by Gasteiger charge is 2.45.